The maximum absolute atomic E-state index is 13.1. The third-order valence-corrected chi connectivity index (χ3v) is 7.43. The number of rotatable bonds is 6. The fourth-order valence-corrected chi connectivity index (χ4v) is 5.41. The summed E-state index contributed by atoms with van der Waals surface area (Å²) in [5.74, 6) is -1.47. The predicted molar refractivity (Wildman–Crippen MR) is 114 cm³/mol. The highest BCUT2D eigenvalue weighted by molar-refractivity contribution is 7.89. The third-order valence-electron chi connectivity index (χ3n) is 5.47. The van der Waals surface area contributed by atoms with E-state index in [0.717, 1.165) is 5.65 Å². The van der Waals surface area contributed by atoms with Crippen LogP contribution < -0.4 is 0 Å². The lowest BCUT2D eigenvalue weighted by molar-refractivity contribution is -0.151. The number of imidazole rings is 1. The first-order chi connectivity index (χ1) is 15.4. The molecule has 1 aromatic carbocycles. The normalized spacial score (nSPS) is 15.5. The Bertz CT molecular complexity index is 1210. The lowest BCUT2D eigenvalue weighted by Crippen LogP contribution is -2.41. The van der Waals surface area contributed by atoms with Crippen LogP contribution in [0.25, 0.3) is 5.65 Å². The van der Waals surface area contributed by atoms with E-state index < -0.39 is 21.9 Å². The second-order valence-corrected chi connectivity index (χ2v) is 9.38. The van der Waals surface area contributed by atoms with Gasteiger partial charge in [0.15, 0.2) is 0 Å². The van der Waals surface area contributed by atoms with Gasteiger partial charge in [-0.15, -0.1) is 0 Å². The standard InChI is InChI=1S/C22H23N3O6S/c1-30-22(27)18-6-2-3-7-19(18)32(28,29)25-12-9-16(10-13-25)21(26)31-15-17-14-24-11-5-4-8-20(24)23-17/h2-8,11,14,16H,9-10,12-13,15H2,1H3. The summed E-state index contributed by atoms with van der Waals surface area (Å²) in [7, 11) is -2.70. The molecular formula is C22H23N3O6S. The van der Waals surface area contributed by atoms with Crippen molar-refractivity contribution >= 4 is 27.6 Å². The van der Waals surface area contributed by atoms with Gasteiger partial charge in [0.25, 0.3) is 0 Å². The molecule has 10 heteroatoms. The minimum absolute atomic E-state index is 0.0102. The largest absolute Gasteiger partial charge is 0.465 e. The Kier molecular flexibility index (Phi) is 6.24. The summed E-state index contributed by atoms with van der Waals surface area (Å²) in [5.41, 5.74) is 1.40. The fraction of sp³-hybridized carbons (Fsp3) is 0.318. The van der Waals surface area contributed by atoms with Crippen LogP contribution in [0.2, 0.25) is 0 Å². The lowest BCUT2D eigenvalue weighted by Gasteiger charge is -2.30. The van der Waals surface area contributed by atoms with E-state index in [9.17, 15) is 18.0 Å². The Labute approximate surface area is 185 Å². The van der Waals surface area contributed by atoms with Gasteiger partial charge >= 0.3 is 11.9 Å². The van der Waals surface area contributed by atoms with Crippen LogP contribution in [0.5, 0.6) is 0 Å². The fourth-order valence-electron chi connectivity index (χ4n) is 3.76. The number of carbonyl (C=O) groups is 2. The number of fused-ring (bicyclic) bond motifs is 1. The maximum atomic E-state index is 13.1. The first-order valence-corrected chi connectivity index (χ1v) is 11.6. The Morgan fingerprint density at radius 2 is 1.81 bits per heavy atom. The zero-order valence-electron chi connectivity index (χ0n) is 17.5. The summed E-state index contributed by atoms with van der Waals surface area (Å²) in [4.78, 5) is 28.8. The Hall–Kier alpha value is -3.24. The van der Waals surface area contributed by atoms with Crippen LogP contribution in [0.4, 0.5) is 0 Å². The van der Waals surface area contributed by atoms with Gasteiger partial charge in [-0.05, 0) is 37.1 Å². The second kappa shape index (κ2) is 9.09. The van der Waals surface area contributed by atoms with Gasteiger partial charge in [-0.3, -0.25) is 4.79 Å². The van der Waals surface area contributed by atoms with E-state index >= 15 is 0 Å². The smallest absolute Gasteiger partial charge is 0.339 e. The average molecular weight is 458 g/mol. The van der Waals surface area contributed by atoms with Crippen molar-refractivity contribution in [2.24, 2.45) is 5.92 Å². The van der Waals surface area contributed by atoms with E-state index in [-0.39, 0.29) is 36.1 Å². The zero-order chi connectivity index (χ0) is 22.7. The van der Waals surface area contributed by atoms with E-state index in [0.29, 0.717) is 18.5 Å². The van der Waals surface area contributed by atoms with Crippen LogP contribution in [0, 0.1) is 5.92 Å². The molecule has 168 valence electrons. The van der Waals surface area contributed by atoms with Gasteiger partial charge in [-0.1, -0.05) is 18.2 Å². The molecule has 0 atom stereocenters. The van der Waals surface area contributed by atoms with Crippen LogP contribution in [0.3, 0.4) is 0 Å². The summed E-state index contributed by atoms with van der Waals surface area (Å²) in [6.45, 7) is 0.378. The molecule has 9 nitrogen and oxygen atoms in total. The summed E-state index contributed by atoms with van der Waals surface area (Å²) in [5, 5.41) is 0. The van der Waals surface area contributed by atoms with Crippen LogP contribution in [-0.2, 0) is 30.9 Å². The van der Waals surface area contributed by atoms with Crippen molar-refractivity contribution in [3.05, 3.63) is 66.1 Å². The predicted octanol–water partition coefficient (Wildman–Crippen LogP) is 2.27. The number of hydrogen-bond acceptors (Lipinski definition) is 7. The number of pyridine rings is 1. The summed E-state index contributed by atoms with van der Waals surface area (Å²) in [6.07, 6.45) is 4.34. The minimum atomic E-state index is -3.90. The third kappa shape index (κ3) is 4.37. The molecule has 0 aliphatic carbocycles. The molecule has 32 heavy (non-hydrogen) atoms. The van der Waals surface area contributed by atoms with Crippen molar-refractivity contribution < 1.29 is 27.5 Å². The number of nitrogens with zero attached hydrogens (tertiary/aromatic N) is 3. The Balaban J connectivity index is 1.37. The van der Waals surface area contributed by atoms with E-state index in [1.165, 1.54) is 23.5 Å². The number of esters is 2. The number of carbonyl (C=O) groups excluding carboxylic acids is 2. The Morgan fingerprint density at radius 1 is 1.09 bits per heavy atom. The Morgan fingerprint density at radius 3 is 2.53 bits per heavy atom. The number of hydrogen-bond donors (Lipinski definition) is 0. The average Bonchev–Trinajstić information content (AvgIpc) is 3.25. The minimum Gasteiger partial charge on any atom is -0.465 e. The molecule has 3 aromatic rings. The van der Waals surface area contributed by atoms with Crippen LogP contribution in [0.15, 0.2) is 59.8 Å². The molecule has 1 aliphatic rings. The number of ether oxygens (including phenoxy) is 2. The molecule has 1 fully saturated rings. The van der Waals surface area contributed by atoms with Crippen molar-refractivity contribution in [3.63, 3.8) is 0 Å². The van der Waals surface area contributed by atoms with Gasteiger partial charge in [0.05, 0.1) is 29.2 Å². The molecule has 0 spiro atoms. The maximum Gasteiger partial charge on any atom is 0.339 e. The van der Waals surface area contributed by atoms with Crippen molar-refractivity contribution in [2.75, 3.05) is 20.2 Å². The van der Waals surface area contributed by atoms with Gasteiger partial charge < -0.3 is 13.9 Å². The molecule has 0 bridgehead atoms. The van der Waals surface area contributed by atoms with Crippen LogP contribution in [-0.4, -0.2) is 54.2 Å². The molecule has 4 rings (SSSR count). The molecule has 0 unspecified atom stereocenters. The molecule has 0 N–H and O–H groups in total. The van der Waals surface area contributed by atoms with Crippen molar-refractivity contribution in [1.82, 2.24) is 13.7 Å². The first-order valence-electron chi connectivity index (χ1n) is 10.2. The van der Waals surface area contributed by atoms with E-state index in [1.807, 2.05) is 28.8 Å². The molecule has 1 saturated heterocycles. The van der Waals surface area contributed by atoms with E-state index in [2.05, 4.69) is 4.98 Å². The SMILES string of the molecule is COC(=O)c1ccccc1S(=O)(=O)N1CCC(C(=O)OCc2cn3ccccc3n2)CC1. The van der Waals surface area contributed by atoms with Gasteiger partial charge in [0, 0.05) is 25.5 Å². The highest BCUT2D eigenvalue weighted by Crippen LogP contribution is 2.27. The number of sulfonamides is 1. The van der Waals surface area contributed by atoms with Gasteiger partial charge in [0.1, 0.15) is 12.3 Å². The first kappa shape index (κ1) is 22.0. The highest BCUT2D eigenvalue weighted by Gasteiger charge is 2.34. The van der Waals surface area contributed by atoms with E-state index in [1.54, 1.807) is 18.3 Å². The summed E-state index contributed by atoms with van der Waals surface area (Å²) >= 11 is 0. The molecule has 2 aromatic heterocycles. The summed E-state index contributed by atoms with van der Waals surface area (Å²) in [6, 6.07) is 11.6. The summed E-state index contributed by atoms with van der Waals surface area (Å²) < 4.78 is 39.4. The number of aromatic nitrogens is 2. The molecule has 0 amide bonds. The van der Waals surface area contributed by atoms with Crippen LogP contribution >= 0.6 is 0 Å². The molecule has 1 aliphatic heterocycles. The number of piperidine rings is 1. The van der Waals surface area contributed by atoms with E-state index in [4.69, 9.17) is 9.47 Å². The topological polar surface area (TPSA) is 107 Å². The lowest BCUT2D eigenvalue weighted by atomic mass is 9.98. The van der Waals surface area contributed by atoms with Crippen molar-refractivity contribution in [2.45, 2.75) is 24.3 Å². The monoisotopic (exact) mass is 457 g/mol. The second-order valence-electron chi connectivity index (χ2n) is 7.47. The van der Waals surface area contributed by atoms with Gasteiger partial charge in [-0.25, -0.2) is 18.2 Å². The number of methoxy groups -OCH3 is 1. The molecular weight excluding hydrogens is 434 g/mol. The van der Waals surface area contributed by atoms with Gasteiger partial charge in [-0.2, -0.15) is 4.31 Å². The van der Waals surface area contributed by atoms with Crippen molar-refractivity contribution in [1.29, 1.82) is 0 Å². The highest BCUT2D eigenvalue weighted by atomic mass is 32.2. The number of benzene rings is 1. The van der Waals surface area contributed by atoms with Crippen molar-refractivity contribution in [3.8, 4) is 0 Å². The van der Waals surface area contributed by atoms with Gasteiger partial charge in [0.2, 0.25) is 10.0 Å². The van der Waals surface area contributed by atoms with Crippen LogP contribution in [0.1, 0.15) is 28.9 Å². The molecule has 0 radical (unpaired) electrons. The molecule has 3 heterocycles. The zero-order valence-corrected chi connectivity index (χ0v) is 18.3. The quantitative estimate of drug-likeness (QED) is 0.523. The molecule has 0 saturated carbocycles.